The molecule has 0 N–H and O–H groups in total. The summed E-state index contributed by atoms with van der Waals surface area (Å²) in [5, 5.41) is -0.418. The fourth-order valence-corrected chi connectivity index (χ4v) is 10.7. The molecule has 5 heterocycles. The van der Waals surface area contributed by atoms with E-state index in [1.807, 2.05) is 47.0 Å². The van der Waals surface area contributed by atoms with Crippen molar-refractivity contribution in [3.05, 3.63) is 109 Å². The number of amides is 2. The highest BCUT2D eigenvalue weighted by atomic mass is 31.1. The highest BCUT2D eigenvalue weighted by Crippen LogP contribution is 2.44. The minimum atomic E-state index is -3.01. The largest absolute Gasteiger partial charge is 0.697 e. The van der Waals surface area contributed by atoms with Gasteiger partial charge in [-0.15, -0.1) is 9.05 Å². The molecule has 2 aromatic carbocycles. The normalized spacial score (nSPS) is 22.0. The smallest absolute Gasteiger partial charge is 0.414 e. The molecule has 23 heteroatoms. The van der Waals surface area contributed by atoms with Crippen molar-refractivity contribution in [1.82, 2.24) is 29.5 Å². The van der Waals surface area contributed by atoms with Crippen LogP contribution in [0.25, 0.3) is 11.2 Å². The Morgan fingerprint density at radius 3 is 2.00 bits per heavy atom. The molecule has 0 aliphatic carbocycles. The Morgan fingerprint density at radius 2 is 1.41 bits per heavy atom. The summed E-state index contributed by atoms with van der Waals surface area (Å²) in [4.78, 5) is 57.2. The van der Waals surface area contributed by atoms with Crippen molar-refractivity contribution in [1.29, 1.82) is 0 Å². The molecule has 2 amide bonds. The molecule has 0 bridgehead atoms. The van der Waals surface area contributed by atoms with Gasteiger partial charge in [-0.2, -0.15) is 0 Å². The van der Waals surface area contributed by atoms with Crippen LogP contribution in [0.4, 0.5) is 26.1 Å². The zero-order valence-corrected chi connectivity index (χ0v) is 45.8. The number of fused-ring (bicyclic) bond motifs is 1. The van der Waals surface area contributed by atoms with Gasteiger partial charge in [-0.1, -0.05) is 90.1 Å². The number of rotatable bonds is 20. The van der Waals surface area contributed by atoms with Crippen LogP contribution in [0.1, 0.15) is 68.5 Å². The van der Waals surface area contributed by atoms with E-state index in [0.717, 1.165) is 0 Å². The number of anilines is 2. The summed E-state index contributed by atoms with van der Waals surface area (Å²) >= 11 is 0. The fourth-order valence-electron chi connectivity index (χ4n) is 7.62. The third-order valence-electron chi connectivity index (χ3n) is 13.9. The average molecular weight is 1060 g/mol. The first-order valence-electron chi connectivity index (χ1n) is 24.0. The first-order chi connectivity index (χ1) is 34.5. The lowest BCUT2D eigenvalue weighted by Gasteiger charge is -2.39. The number of hydrogen-bond donors (Lipinski definition) is 0. The number of ether oxygens (including phenoxy) is 2. The maximum Gasteiger partial charge on any atom is 0.697 e. The molecule has 0 saturated carbocycles. The lowest BCUT2D eigenvalue weighted by molar-refractivity contribution is -0.0423. The van der Waals surface area contributed by atoms with Crippen molar-refractivity contribution in [2.24, 2.45) is 4.99 Å². The quantitative estimate of drug-likeness (QED) is 0.0309. The number of carbonyl (C=O) groups excluding carboxylic acids is 2. The summed E-state index contributed by atoms with van der Waals surface area (Å²) in [5.41, 5.74) is 1.32. The maximum atomic E-state index is 17.2. The zero-order chi connectivity index (χ0) is 52.9. The number of aliphatic imine (C=N–C) groups is 1. The van der Waals surface area contributed by atoms with E-state index >= 15 is 8.78 Å². The van der Waals surface area contributed by atoms with Gasteiger partial charge in [0.1, 0.15) is 43.3 Å². The van der Waals surface area contributed by atoms with E-state index in [4.69, 9.17) is 27.4 Å². The summed E-state index contributed by atoms with van der Waals surface area (Å²) in [7, 11) is -7.88. The molecule has 5 aromatic rings. The number of imidazole rings is 1. The maximum absolute atomic E-state index is 17.2. The van der Waals surface area contributed by atoms with Crippen molar-refractivity contribution in [2.75, 3.05) is 42.7 Å². The van der Waals surface area contributed by atoms with E-state index in [0.29, 0.717) is 16.8 Å². The summed E-state index contributed by atoms with van der Waals surface area (Å²) in [6.07, 6.45) is -0.451. The number of benzene rings is 2. The minimum Gasteiger partial charge on any atom is -0.414 e. The zero-order valence-electron chi connectivity index (χ0n) is 42.9. The fraction of sp³-hybridized carbons (Fsp3) is 0.480. The van der Waals surface area contributed by atoms with Crippen LogP contribution in [0.15, 0.2) is 103 Å². The molecule has 2 fully saturated rings. The van der Waals surface area contributed by atoms with E-state index < -0.39 is 73.8 Å². The van der Waals surface area contributed by atoms with E-state index in [-0.39, 0.29) is 71.7 Å². The molecule has 0 spiro atoms. The van der Waals surface area contributed by atoms with Crippen LogP contribution in [0.3, 0.4) is 0 Å². The first kappa shape index (κ1) is 55.3. The second kappa shape index (κ2) is 23.0. The molecule has 2 aliphatic rings. The summed E-state index contributed by atoms with van der Waals surface area (Å²) in [6, 6.07) is 17.3. The topological polar surface area (TPSA) is 195 Å². The van der Waals surface area contributed by atoms with Crippen LogP contribution in [-0.4, -0.2) is 134 Å². The molecular weight excluding hydrogens is 996 g/mol. The molecule has 73 heavy (non-hydrogen) atoms. The Balaban J connectivity index is 1.15. The van der Waals surface area contributed by atoms with Crippen molar-refractivity contribution in [3.63, 3.8) is 0 Å². The Labute approximate surface area is 427 Å². The summed E-state index contributed by atoms with van der Waals surface area (Å²) < 4.78 is 83.9. The van der Waals surface area contributed by atoms with Gasteiger partial charge in [-0.3, -0.25) is 28.9 Å². The first-order valence-corrected chi connectivity index (χ1v) is 30.9. The predicted molar refractivity (Wildman–Crippen MR) is 279 cm³/mol. The number of carbonyl (C=O) groups is 2. The van der Waals surface area contributed by atoms with Crippen LogP contribution in [0.2, 0.25) is 36.3 Å². The van der Waals surface area contributed by atoms with Crippen LogP contribution >= 0.6 is 8.25 Å². The van der Waals surface area contributed by atoms with E-state index in [1.165, 1.54) is 39.5 Å². The van der Waals surface area contributed by atoms with Gasteiger partial charge in [-0.25, -0.2) is 33.7 Å². The molecule has 2 saturated heterocycles. The number of alkyl halides is 2. The molecular formula is C50H65F2N9O9PSi2+. The Morgan fingerprint density at radius 1 is 0.822 bits per heavy atom. The van der Waals surface area contributed by atoms with Gasteiger partial charge in [0.15, 0.2) is 64.1 Å². The number of hydrogen-bond acceptors (Lipinski definition) is 15. The molecule has 2 aliphatic heterocycles. The highest BCUT2D eigenvalue weighted by molar-refractivity contribution is 7.33. The Kier molecular flexibility index (Phi) is 17.4. The highest BCUT2D eigenvalue weighted by Gasteiger charge is 2.54. The summed E-state index contributed by atoms with van der Waals surface area (Å²) in [6.45, 7) is 23.4. The standard InChI is InChI=1S/C50H65F2N9O9PSi2/c1-49(2,3)72(8,9)67-29-38-42(69-71(64)66-28-37-41(35(51)27-65-37)70-73(10,11)50(4,5)6)39(52)48(68-38)61-32-58-40-44(56-31-57-45(40)61)60(47(63)34-22-16-13-17-23-34)25-19-18-24-59(43-36(53-7)26-54-30-55-43)46(62)33-20-14-12-15-21-33/h12-23,26,30-32,35,37-39,41-42,48H,7,24-25,27-29H2,1-6,8-11H3/q+1/b19-18+/t35-,37+,38+,39+,41-,42+,48+/m0/s1. The lowest BCUT2D eigenvalue weighted by atomic mass is 10.1. The molecule has 18 nitrogen and oxygen atoms in total. The average Bonchev–Trinajstić information content (AvgIpc) is 4.04. The van der Waals surface area contributed by atoms with Gasteiger partial charge in [0, 0.05) is 28.8 Å². The van der Waals surface area contributed by atoms with Crippen LogP contribution < -0.4 is 9.80 Å². The summed E-state index contributed by atoms with van der Waals surface area (Å²) in [5.74, 6) is -0.453. The van der Waals surface area contributed by atoms with E-state index in [9.17, 15) is 14.2 Å². The number of aromatic nitrogens is 6. The molecule has 8 atom stereocenters. The van der Waals surface area contributed by atoms with E-state index in [1.54, 1.807) is 72.8 Å². The molecule has 1 unspecified atom stereocenters. The van der Waals surface area contributed by atoms with Gasteiger partial charge >= 0.3 is 8.25 Å². The monoisotopic (exact) mass is 1060 g/mol. The second-order valence-corrected chi connectivity index (χ2v) is 31.3. The van der Waals surface area contributed by atoms with Gasteiger partial charge in [-0.05, 0) is 67.2 Å². The van der Waals surface area contributed by atoms with Gasteiger partial charge in [0.25, 0.3) is 11.8 Å². The van der Waals surface area contributed by atoms with Crippen molar-refractivity contribution >= 4 is 71.9 Å². The van der Waals surface area contributed by atoms with E-state index in [2.05, 4.69) is 57.4 Å². The third kappa shape index (κ3) is 12.6. The second-order valence-electron chi connectivity index (χ2n) is 20.8. The SMILES string of the molecule is C=Nc1cncnc1N(C/C=C/CN(C(=O)c1ccccc1)c1ncnc2c1ncn2[C@@H]1O[C@H](CO[Si](C)(C)C(C)(C)C)[C@@H](O[P+](=O)OC[C@H]2OC[C@H](F)[C@@H]2O[Si](C)(C)C(C)(C)C)[C@H]1F)C(=O)c1ccccc1. The molecule has 7 rings (SSSR count). The number of halogens is 2. The van der Waals surface area contributed by atoms with Crippen LogP contribution in [0, 0.1) is 0 Å². The third-order valence-corrected chi connectivity index (χ3v) is 23.7. The number of nitrogens with zero attached hydrogens (tertiary/aromatic N) is 9. The van der Waals surface area contributed by atoms with Gasteiger partial charge in [0.05, 0.1) is 25.7 Å². The Hall–Kier alpha value is -5.43. The van der Waals surface area contributed by atoms with Crippen molar-refractivity contribution in [2.45, 2.75) is 121 Å². The van der Waals surface area contributed by atoms with Crippen molar-refractivity contribution < 1.29 is 50.3 Å². The lowest BCUT2D eigenvalue weighted by Crippen LogP contribution is -2.48. The van der Waals surface area contributed by atoms with Gasteiger partial charge in [0.2, 0.25) is 0 Å². The Bertz CT molecular complexity index is 2770. The van der Waals surface area contributed by atoms with Crippen molar-refractivity contribution in [3.8, 4) is 0 Å². The molecule has 3 aromatic heterocycles. The predicted octanol–water partition coefficient (Wildman–Crippen LogP) is 9.94. The molecule has 390 valence electrons. The minimum absolute atomic E-state index is 0.0179. The molecule has 0 radical (unpaired) electrons. The van der Waals surface area contributed by atoms with Crippen LogP contribution in [-0.2, 0) is 31.9 Å². The van der Waals surface area contributed by atoms with Gasteiger partial charge < -0.3 is 18.3 Å². The van der Waals surface area contributed by atoms with Crippen LogP contribution in [0.5, 0.6) is 0 Å².